The summed E-state index contributed by atoms with van der Waals surface area (Å²) in [5.74, 6) is -0.646. The zero-order chi connectivity index (χ0) is 22.0. The molecule has 0 spiro atoms. The quantitative estimate of drug-likeness (QED) is 0.632. The summed E-state index contributed by atoms with van der Waals surface area (Å²) in [4.78, 5) is 15.0. The van der Waals surface area contributed by atoms with E-state index in [1.54, 1.807) is 44.3 Å². The van der Waals surface area contributed by atoms with Crippen molar-refractivity contribution in [2.75, 3.05) is 18.1 Å². The molecule has 2 aliphatic rings. The van der Waals surface area contributed by atoms with E-state index >= 15 is 0 Å². The average molecular weight is 428 g/mol. The van der Waals surface area contributed by atoms with Crippen LogP contribution in [0.4, 0.5) is 18.9 Å². The molecule has 3 aromatic rings. The molecule has 1 unspecified atom stereocenters. The van der Waals surface area contributed by atoms with Gasteiger partial charge in [-0.3, -0.25) is 9.69 Å². The number of amides is 1. The number of para-hydroxylation sites is 1. The highest BCUT2D eigenvalue weighted by Crippen LogP contribution is 2.54. The maximum absolute atomic E-state index is 14.6. The molecule has 0 saturated carbocycles. The Morgan fingerprint density at radius 3 is 2.32 bits per heavy atom. The predicted molar refractivity (Wildman–Crippen MR) is 106 cm³/mol. The third-order valence-electron chi connectivity index (χ3n) is 6.29. The SMILES string of the molecule is Cn1cnnc1-c1ccc2c(c1C(F)(F)F)C(C)(C1COC1)N(c1ccccc1)C2=O. The third-order valence-corrected chi connectivity index (χ3v) is 6.29. The van der Waals surface area contributed by atoms with E-state index in [2.05, 4.69) is 10.2 Å². The lowest BCUT2D eigenvalue weighted by atomic mass is 9.75. The smallest absolute Gasteiger partial charge is 0.380 e. The Labute approximate surface area is 176 Å². The van der Waals surface area contributed by atoms with Gasteiger partial charge in [0, 0.05) is 35.3 Å². The Hall–Kier alpha value is -3.20. The summed E-state index contributed by atoms with van der Waals surface area (Å²) in [5.41, 5.74) is -1.60. The van der Waals surface area contributed by atoms with E-state index in [-0.39, 0.29) is 41.6 Å². The molecule has 0 bridgehead atoms. The molecule has 2 aliphatic heterocycles. The second-order valence-corrected chi connectivity index (χ2v) is 8.03. The van der Waals surface area contributed by atoms with Crippen molar-refractivity contribution in [2.45, 2.75) is 18.6 Å². The number of rotatable bonds is 3. The minimum absolute atomic E-state index is 0.0253. The number of ether oxygens (including phenoxy) is 1. The molecular formula is C22H19F3N4O2. The first kappa shape index (κ1) is 19.7. The van der Waals surface area contributed by atoms with Crippen molar-refractivity contribution < 1.29 is 22.7 Å². The lowest BCUT2D eigenvalue weighted by Crippen LogP contribution is -2.54. The van der Waals surface area contributed by atoms with Gasteiger partial charge in [-0.05, 0) is 31.2 Å². The Balaban J connectivity index is 1.84. The lowest BCUT2D eigenvalue weighted by Gasteiger charge is -2.46. The van der Waals surface area contributed by atoms with E-state index in [1.165, 1.54) is 27.9 Å². The number of carbonyl (C=O) groups is 1. The Kier molecular flexibility index (Phi) is 4.23. The number of carbonyl (C=O) groups excluding carboxylic acids is 1. The fraction of sp³-hybridized carbons (Fsp3) is 0.318. The molecule has 1 aromatic heterocycles. The molecule has 160 valence electrons. The van der Waals surface area contributed by atoms with Crippen LogP contribution in [0.2, 0.25) is 0 Å². The molecule has 1 saturated heterocycles. The van der Waals surface area contributed by atoms with Crippen LogP contribution in [0.15, 0.2) is 48.8 Å². The van der Waals surface area contributed by atoms with Gasteiger partial charge in [-0.1, -0.05) is 18.2 Å². The topological polar surface area (TPSA) is 60.2 Å². The highest BCUT2D eigenvalue weighted by molar-refractivity contribution is 6.13. The lowest BCUT2D eigenvalue weighted by molar-refractivity contribution is -0.139. The van der Waals surface area contributed by atoms with Crippen LogP contribution < -0.4 is 4.90 Å². The molecular weight excluding hydrogens is 409 g/mol. The van der Waals surface area contributed by atoms with Crippen molar-refractivity contribution >= 4 is 11.6 Å². The van der Waals surface area contributed by atoms with Crippen LogP contribution >= 0.6 is 0 Å². The van der Waals surface area contributed by atoms with Crippen molar-refractivity contribution in [3.8, 4) is 11.4 Å². The molecule has 5 rings (SSSR count). The average Bonchev–Trinajstić information content (AvgIpc) is 3.19. The van der Waals surface area contributed by atoms with E-state index in [0.717, 1.165) is 0 Å². The summed E-state index contributed by atoms with van der Waals surface area (Å²) < 4.78 is 50.6. The number of alkyl halides is 3. The van der Waals surface area contributed by atoms with Crippen LogP contribution in [0.1, 0.15) is 28.4 Å². The molecule has 2 aromatic carbocycles. The number of halogens is 3. The van der Waals surface area contributed by atoms with Crippen LogP contribution in [-0.4, -0.2) is 33.9 Å². The van der Waals surface area contributed by atoms with Crippen molar-refractivity contribution in [3.05, 3.63) is 65.5 Å². The van der Waals surface area contributed by atoms with Crippen molar-refractivity contribution in [3.63, 3.8) is 0 Å². The van der Waals surface area contributed by atoms with Crippen molar-refractivity contribution in [2.24, 2.45) is 13.0 Å². The minimum Gasteiger partial charge on any atom is -0.380 e. The van der Waals surface area contributed by atoms with Crippen LogP contribution in [0.25, 0.3) is 11.4 Å². The summed E-state index contributed by atoms with van der Waals surface area (Å²) in [5, 5.41) is 7.64. The monoisotopic (exact) mass is 428 g/mol. The summed E-state index contributed by atoms with van der Waals surface area (Å²) in [6.07, 6.45) is -3.35. The van der Waals surface area contributed by atoms with Gasteiger partial charge in [0.2, 0.25) is 0 Å². The van der Waals surface area contributed by atoms with E-state index in [4.69, 9.17) is 4.74 Å². The maximum atomic E-state index is 14.6. The molecule has 3 heterocycles. The van der Waals surface area contributed by atoms with Gasteiger partial charge in [0.05, 0.1) is 24.3 Å². The molecule has 0 radical (unpaired) electrons. The van der Waals surface area contributed by atoms with Crippen LogP contribution in [-0.2, 0) is 23.5 Å². The van der Waals surface area contributed by atoms with Gasteiger partial charge in [-0.2, -0.15) is 13.2 Å². The fourth-order valence-electron chi connectivity index (χ4n) is 4.67. The summed E-state index contributed by atoms with van der Waals surface area (Å²) in [6.45, 7) is 2.25. The standard InChI is InChI=1S/C22H19F3N4O2/c1-21(13-10-31-11-13)17-16(20(30)29(21)14-6-4-3-5-7-14)9-8-15(18(17)22(23,24)25)19-27-26-12-28(19)2/h3-9,12-13H,10-11H2,1-2H3. The van der Waals surface area contributed by atoms with E-state index < -0.39 is 23.2 Å². The van der Waals surface area contributed by atoms with E-state index in [1.807, 2.05) is 0 Å². The first-order chi connectivity index (χ1) is 14.7. The molecule has 31 heavy (non-hydrogen) atoms. The van der Waals surface area contributed by atoms with Crippen molar-refractivity contribution in [1.29, 1.82) is 0 Å². The predicted octanol–water partition coefficient (Wildman–Crippen LogP) is 4.02. The highest BCUT2D eigenvalue weighted by Gasteiger charge is 2.58. The zero-order valence-corrected chi connectivity index (χ0v) is 16.8. The Morgan fingerprint density at radius 2 is 1.77 bits per heavy atom. The molecule has 1 amide bonds. The van der Waals surface area contributed by atoms with Crippen LogP contribution in [0.5, 0.6) is 0 Å². The number of benzene rings is 2. The normalized spacial score (nSPS) is 21.3. The molecule has 0 N–H and O–H groups in total. The Morgan fingerprint density at radius 1 is 1.10 bits per heavy atom. The largest absolute Gasteiger partial charge is 0.417 e. The first-order valence-corrected chi connectivity index (χ1v) is 9.81. The van der Waals surface area contributed by atoms with Crippen LogP contribution in [0.3, 0.4) is 0 Å². The molecule has 6 nitrogen and oxygen atoms in total. The fourth-order valence-corrected chi connectivity index (χ4v) is 4.67. The van der Waals surface area contributed by atoms with Gasteiger partial charge < -0.3 is 9.30 Å². The molecule has 0 aliphatic carbocycles. The summed E-state index contributed by atoms with van der Waals surface area (Å²) in [6, 6.07) is 11.6. The third kappa shape index (κ3) is 2.72. The zero-order valence-electron chi connectivity index (χ0n) is 16.8. The molecule has 1 fully saturated rings. The number of nitrogens with zero attached hydrogens (tertiary/aromatic N) is 4. The van der Waals surface area contributed by atoms with Gasteiger partial charge in [-0.15, -0.1) is 10.2 Å². The van der Waals surface area contributed by atoms with Gasteiger partial charge in [-0.25, -0.2) is 0 Å². The van der Waals surface area contributed by atoms with Crippen molar-refractivity contribution in [1.82, 2.24) is 14.8 Å². The van der Waals surface area contributed by atoms with Gasteiger partial charge in [0.15, 0.2) is 5.82 Å². The second-order valence-electron chi connectivity index (χ2n) is 8.03. The second kappa shape index (κ2) is 6.65. The minimum atomic E-state index is -4.70. The van der Waals surface area contributed by atoms with Gasteiger partial charge >= 0.3 is 6.18 Å². The first-order valence-electron chi connectivity index (χ1n) is 9.81. The van der Waals surface area contributed by atoms with E-state index in [0.29, 0.717) is 5.69 Å². The molecule has 1 atom stereocenters. The van der Waals surface area contributed by atoms with E-state index in [9.17, 15) is 18.0 Å². The van der Waals surface area contributed by atoms with Gasteiger partial charge in [0.1, 0.15) is 6.33 Å². The Bertz CT molecular complexity index is 1170. The number of hydrogen-bond donors (Lipinski definition) is 0. The summed E-state index contributed by atoms with van der Waals surface area (Å²) in [7, 11) is 1.59. The number of fused-ring (bicyclic) bond motifs is 1. The number of anilines is 1. The van der Waals surface area contributed by atoms with Crippen LogP contribution in [0, 0.1) is 5.92 Å². The number of hydrogen-bond acceptors (Lipinski definition) is 4. The molecule has 9 heteroatoms. The number of aromatic nitrogens is 3. The highest BCUT2D eigenvalue weighted by atomic mass is 19.4. The van der Waals surface area contributed by atoms with Gasteiger partial charge in [0.25, 0.3) is 5.91 Å². The maximum Gasteiger partial charge on any atom is 0.417 e. The summed E-state index contributed by atoms with van der Waals surface area (Å²) >= 11 is 0. The number of aryl methyl sites for hydroxylation is 1.